The Bertz CT molecular complexity index is 473. The molecule has 1 N–H and O–H groups in total. The Balaban J connectivity index is 1.97. The molecule has 0 aromatic carbocycles. The quantitative estimate of drug-likeness (QED) is 0.797. The van der Waals surface area contributed by atoms with Crippen LogP contribution < -0.4 is 0 Å². The van der Waals surface area contributed by atoms with Gasteiger partial charge in [-0.15, -0.1) is 0 Å². The van der Waals surface area contributed by atoms with Crippen LogP contribution in [0.1, 0.15) is 47.0 Å². The first-order valence-corrected chi connectivity index (χ1v) is 6.74. The van der Waals surface area contributed by atoms with Crippen LogP contribution in [0.2, 0.25) is 0 Å². The number of aromatic carboxylic acids is 1. The fraction of sp³-hybridized carbons (Fsp3) is 0.571. The van der Waals surface area contributed by atoms with E-state index in [1.54, 1.807) is 10.8 Å². The van der Waals surface area contributed by atoms with Crippen molar-refractivity contribution in [1.82, 2.24) is 9.47 Å². The van der Waals surface area contributed by atoms with Crippen LogP contribution in [0.15, 0.2) is 12.3 Å². The molecule has 1 fully saturated rings. The monoisotopic (exact) mass is 264 g/mol. The number of carboxylic acid groups (broad SMARTS) is 1. The average Bonchev–Trinajstić information content (AvgIpc) is 2.97. The number of hydrogen-bond acceptors (Lipinski definition) is 3. The summed E-state index contributed by atoms with van der Waals surface area (Å²) in [5.74, 6) is -1.07. The number of carboxylic acids is 1. The topological polar surface area (TPSA) is 62.5 Å². The van der Waals surface area contributed by atoms with Crippen LogP contribution in [0.5, 0.6) is 0 Å². The summed E-state index contributed by atoms with van der Waals surface area (Å²) in [5.41, 5.74) is 0.671. The van der Waals surface area contributed by atoms with Crippen LogP contribution in [0.3, 0.4) is 0 Å². The van der Waals surface area contributed by atoms with Crippen molar-refractivity contribution in [3.8, 4) is 0 Å². The zero-order chi connectivity index (χ0) is 13.8. The fourth-order valence-electron chi connectivity index (χ4n) is 2.54. The van der Waals surface area contributed by atoms with Crippen LogP contribution in [0.25, 0.3) is 0 Å². The van der Waals surface area contributed by atoms with E-state index in [0.29, 0.717) is 12.1 Å². The van der Waals surface area contributed by atoms with Gasteiger partial charge in [0.15, 0.2) is 5.78 Å². The van der Waals surface area contributed by atoms with Gasteiger partial charge < -0.3 is 14.6 Å². The highest BCUT2D eigenvalue weighted by Crippen LogP contribution is 2.12. The molecule has 0 saturated carbocycles. The highest BCUT2D eigenvalue weighted by Gasteiger charge is 2.15. The van der Waals surface area contributed by atoms with E-state index in [1.807, 2.05) is 0 Å². The van der Waals surface area contributed by atoms with Crippen molar-refractivity contribution in [2.75, 3.05) is 19.6 Å². The van der Waals surface area contributed by atoms with E-state index in [-0.39, 0.29) is 11.5 Å². The lowest BCUT2D eigenvalue weighted by Gasteiger charge is -2.14. The van der Waals surface area contributed by atoms with Gasteiger partial charge in [-0.25, -0.2) is 4.79 Å². The molecular formula is C14H20N2O3. The maximum Gasteiger partial charge on any atom is 0.352 e. The Morgan fingerprint density at radius 1 is 1.26 bits per heavy atom. The minimum absolute atomic E-state index is 0.0965. The van der Waals surface area contributed by atoms with Crippen molar-refractivity contribution in [1.29, 1.82) is 0 Å². The SMILES string of the molecule is CC(=O)c1cc(C(=O)O)n(CCCN2CCCC2)c1. The fourth-order valence-corrected chi connectivity index (χ4v) is 2.54. The Kier molecular flexibility index (Phi) is 4.37. The molecular weight excluding hydrogens is 244 g/mol. The van der Waals surface area contributed by atoms with Crippen molar-refractivity contribution in [2.24, 2.45) is 0 Å². The van der Waals surface area contributed by atoms with E-state index in [2.05, 4.69) is 4.90 Å². The molecule has 1 aliphatic heterocycles. The van der Waals surface area contributed by atoms with E-state index >= 15 is 0 Å². The van der Waals surface area contributed by atoms with Gasteiger partial charge in [0.25, 0.3) is 0 Å². The van der Waals surface area contributed by atoms with E-state index < -0.39 is 5.97 Å². The first-order chi connectivity index (χ1) is 9.08. The molecule has 2 rings (SSSR count). The third-order valence-corrected chi connectivity index (χ3v) is 3.59. The predicted octanol–water partition coefficient (Wildman–Crippen LogP) is 1.87. The predicted molar refractivity (Wildman–Crippen MR) is 71.7 cm³/mol. The number of nitrogens with zero attached hydrogens (tertiary/aromatic N) is 2. The number of carbonyl (C=O) groups excluding carboxylic acids is 1. The third-order valence-electron chi connectivity index (χ3n) is 3.59. The van der Waals surface area contributed by atoms with Gasteiger partial charge in [-0.3, -0.25) is 4.79 Å². The first kappa shape index (κ1) is 13.8. The molecule has 19 heavy (non-hydrogen) atoms. The summed E-state index contributed by atoms with van der Waals surface area (Å²) in [7, 11) is 0. The molecule has 1 saturated heterocycles. The molecule has 5 nitrogen and oxygen atoms in total. The minimum Gasteiger partial charge on any atom is -0.477 e. The van der Waals surface area contributed by atoms with Gasteiger partial charge in [-0.2, -0.15) is 0 Å². The molecule has 0 amide bonds. The van der Waals surface area contributed by atoms with Crippen LogP contribution in [0, 0.1) is 0 Å². The van der Waals surface area contributed by atoms with Crippen LogP contribution in [0.4, 0.5) is 0 Å². The summed E-state index contributed by atoms with van der Waals surface area (Å²) < 4.78 is 1.68. The van der Waals surface area contributed by atoms with E-state index in [1.165, 1.54) is 25.8 Å². The standard InChI is InChI=1S/C14H20N2O3/c1-11(17)12-9-13(14(18)19)16(10-12)8-4-7-15-5-2-3-6-15/h9-10H,2-8H2,1H3,(H,18,19). The maximum absolute atomic E-state index is 11.3. The van der Waals surface area contributed by atoms with E-state index in [0.717, 1.165) is 26.1 Å². The van der Waals surface area contributed by atoms with Crippen molar-refractivity contribution in [3.63, 3.8) is 0 Å². The molecule has 1 aromatic heterocycles. The van der Waals surface area contributed by atoms with Gasteiger partial charge in [0, 0.05) is 18.3 Å². The van der Waals surface area contributed by atoms with Gasteiger partial charge in [-0.1, -0.05) is 0 Å². The van der Waals surface area contributed by atoms with Gasteiger partial charge in [-0.05, 0) is 51.9 Å². The zero-order valence-corrected chi connectivity index (χ0v) is 11.3. The molecule has 5 heteroatoms. The lowest BCUT2D eigenvalue weighted by atomic mass is 10.2. The molecule has 0 unspecified atom stereocenters. The van der Waals surface area contributed by atoms with Gasteiger partial charge in [0.05, 0.1) is 0 Å². The number of rotatable bonds is 6. The number of Topliss-reactive ketones (excluding diaryl/α,β-unsaturated/α-hetero) is 1. The Morgan fingerprint density at radius 2 is 1.95 bits per heavy atom. The Labute approximate surface area is 112 Å². The number of likely N-dealkylation sites (tertiary alicyclic amines) is 1. The lowest BCUT2D eigenvalue weighted by Crippen LogP contribution is -2.22. The Hall–Kier alpha value is -1.62. The molecule has 0 atom stereocenters. The van der Waals surface area contributed by atoms with Gasteiger partial charge in [0.2, 0.25) is 0 Å². The molecule has 2 heterocycles. The number of carbonyl (C=O) groups is 2. The molecule has 0 bridgehead atoms. The van der Waals surface area contributed by atoms with Gasteiger partial charge in [0.1, 0.15) is 5.69 Å². The molecule has 0 spiro atoms. The zero-order valence-electron chi connectivity index (χ0n) is 11.3. The second kappa shape index (κ2) is 6.02. The maximum atomic E-state index is 11.3. The second-order valence-electron chi connectivity index (χ2n) is 5.07. The van der Waals surface area contributed by atoms with Crippen LogP contribution in [-0.4, -0.2) is 46.0 Å². The summed E-state index contributed by atoms with van der Waals surface area (Å²) in [6.07, 6.45) is 5.08. The minimum atomic E-state index is -0.978. The highest BCUT2D eigenvalue weighted by atomic mass is 16.4. The van der Waals surface area contributed by atoms with Crippen molar-refractivity contribution >= 4 is 11.8 Å². The molecule has 0 radical (unpaired) electrons. The largest absolute Gasteiger partial charge is 0.477 e. The summed E-state index contributed by atoms with van der Waals surface area (Å²) >= 11 is 0. The molecule has 104 valence electrons. The van der Waals surface area contributed by atoms with Crippen molar-refractivity contribution < 1.29 is 14.7 Å². The smallest absolute Gasteiger partial charge is 0.352 e. The molecule has 1 aliphatic rings. The second-order valence-corrected chi connectivity index (χ2v) is 5.07. The number of aromatic nitrogens is 1. The Morgan fingerprint density at radius 3 is 2.53 bits per heavy atom. The summed E-state index contributed by atoms with van der Waals surface area (Å²) in [4.78, 5) is 24.8. The van der Waals surface area contributed by atoms with Crippen LogP contribution in [-0.2, 0) is 6.54 Å². The van der Waals surface area contributed by atoms with E-state index in [9.17, 15) is 9.59 Å². The highest BCUT2D eigenvalue weighted by molar-refractivity contribution is 5.97. The average molecular weight is 264 g/mol. The van der Waals surface area contributed by atoms with Crippen molar-refractivity contribution in [3.05, 3.63) is 23.5 Å². The van der Waals surface area contributed by atoms with Crippen molar-refractivity contribution in [2.45, 2.75) is 32.7 Å². The third kappa shape index (κ3) is 3.44. The first-order valence-electron chi connectivity index (χ1n) is 6.74. The molecule has 0 aliphatic carbocycles. The number of aryl methyl sites for hydroxylation is 1. The summed E-state index contributed by atoms with van der Waals surface area (Å²) in [5, 5.41) is 9.13. The number of hydrogen-bond donors (Lipinski definition) is 1. The summed E-state index contributed by atoms with van der Waals surface area (Å²) in [6.45, 7) is 5.39. The number of ketones is 1. The normalized spacial score (nSPS) is 15.8. The molecule has 1 aromatic rings. The van der Waals surface area contributed by atoms with E-state index in [4.69, 9.17) is 5.11 Å². The van der Waals surface area contributed by atoms with Gasteiger partial charge >= 0.3 is 5.97 Å². The summed E-state index contributed by atoms with van der Waals surface area (Å²) in [6, 6.07) is 1.46. The lowest BCUT2D eigenvalue weighted by molar-refractivity contribution is 0.0684. The van der Waals surface area contributed by atoms with Crippen LogP contribution >= 0.6 is 0 Å².